The lowest BCUT2D eigenvalue weighted by Gasteiger charge is -2.31. The number of rotatable bonds is 5. The SMILES string of the molecule is O=C(N(CCO)C1CCCC1)C(F)(F)C(F)F. The predicted octanol–water partition coefficient (Wildman–Crippen LogP) is 1.65. The Balaban J connectivity index is 2.79. The van der Waals surface area contributed by atoms with Gasteiger partial charge in [-0.05, 0) is 12.8 Å². The van der Waals surface area contributed by atoms with Crippen molar-refractivity contribution in [2.75, 3.05) is 13.2 Å². The molecule has 100 valence electrons. The van der Waals surface area contributed by atoms with E-state index in [1.165, 1.54) is 0 Å². The number of carbonyl (C=O) groups excluding carboxylic acids is 1. The molecule has 0 unspecified atom stereocenters. The lowest BCUT2D eigenvalue weighted by molar-refractivity contribution is -0.183. The maximum absolute atomic E-state index is 12.9. The molecule has 1 amide bonds. The summed E-state index contributed by atoms with van der Waals surface area (Å²) in [5.74, 6) is -6.55. The van der Waals surface area contributed by atoms with E-state index in [9.17, 15) is 22.4 Å². The number of nitrogens with zero attached hydrogens (tertiary/aromatic N) is 1. The van der Waals surface area contributed by atoms with Crippen LogP contribution >= 0.6 is 0 Å². The van der Waals surface area contributed by atoms with Gasteiger partial charge in [-0.3, -0.25) is 4.79 Å². The summed E-state index contributed by atoms with van der Waals surface area (Å²) in [5.41, 5.74) is 0. The van der Waals surface area contributed by atoms with Gasteiger partial charge in [0.2, 0.25) is 0 Å². The fraction of sp³-hybridized carbons (Fsp3) is 0.900. The number of amides is 1. The number of aliphatic hydroxyl groups excluding tert-OH is 1. The van der Waals surface area contributed by atoms with Crippen molar-refractivity contribution < 1.29 is 27.5 Å². The van der Waals surface area contributed by atoms with Crippen LogP contribution in [0.4, 0.5) is 17.6 Å². The van der Waals surface area contributed by atoms with Crippen LogP contribution in [0.25, 0.3) is 0 Å². The van der Waals surface area contributed by atoms with Crippen molar-refractivity contribution in [3.63, 3.8) is 0 Å². The van der Waals surface area contributed by atoms with Crippen molar-refractivity contribution in [1.82, 2.24) is 4.90 Å². The summed E-state index contributed by atoms with van der Waals surface area (Å²) in [4.78, 5) is 12.1. The molecule has 17 heavy (non-hydrogen) atoms. The molecule has 0 heterocycles. The molecule has 0 bridgehead atoms. The van der Waals surface area contributed by atoms with E-state index in [1.54, 1.807) is 0 Å². The van der Waals surface area contributed by atoms with E-state index in [1.807, 2.05) is 0 Å². The van der Waals surface area contributed by atoms with Gasteiger partial charge in [-0.2, -0.15) is 8.78 Å². The van der Waals surface area contributed by atoms with Crippen LogP contribution in [-0.4, -0.2) is 47.5 Å². The Morgan fingerprint density at radius 1 is 1.35 bits per heavy atom. The van der Waals surface area contributed by atoms with Crippen LogP contribution in [0, 0.1) is 0 Å². The molecule has 0 saturated heterocycles. The van der Waals surface area contributed by atoms with Gasteiger partial charge >= 0.3 is 12.3 Å². The van der Waals surface area contributed by atoms with Crippen LogP contribution in [0.3, 0.4) is 0 Å². The second kappa shape index (κ2) is 5.66. The molecule has 7 heteroatoms. The molecule has 0 atom stereocenters. The summed E-state index contributed by atoms with van der Waals surface area (Å²) in [7, 11) is 0. The maximum atomic E-state index is 12.9. The number of halogens is 4. The zero-order valence-electron chi connectivity index (χ0n) is 9.21. The van der Waals surface area contributed by atoms with Crippen molar-refractivity contribution >= 4 is 5.91 Å². The van der Waals surface area contributed by atoms with Crippen molar-refractivity contribution in [3.05, 3.63) is 0 Å². The summed E-state index contributed by atoms with van der Waals surface area (Å²) in [5, 5.41) is 8.72. The van der Waals surface area contributed by atoms with Crippen LogP contribution in [0.1, 0.15) is 25.7 Å². The van der Waals surface area contributed by atoms with Gasteiger partial charge in [-0.15, -0.1) is 0 Å². The minimum atomic E-state index is -4.67. The number of aliphatic hydroxyl groups is 1. The Kier molecular flexibility index (Phi) is 4.73. The van der Waals surface area contributed by atoms with Gasteiger partial charge < -0.3 is 10.0 Å². The highest BCUT2D eigenvalue weighted by molar-refractivity contribution is 5.84. The smallest absolute Gasteiger partial charge is 0.383 e. The Morgan fingerprint density at radius 3 is 2.29 bits per heavy atom. The lowest BCUT2D eigenvalue weighted by atomic mass is 10.1. The number of hydrogen-bond acceptors (Lipinski definition) is 2. The van der Waals surface area contributed by atoms with Gasteiger partial charge in [0.15, 0.2) is 0 Å². The van der Waals surface area contributed by atoms with Gasteiger partial charge in [-0.25, -0.2) is 8.78 Å². The number of hydrogen-bond donors (Lipinski definition) is 1. The third-order valence-electron chi connectivity index (χ3n) is 2.93. The average molecular weight is 257 g/mol. The van der Waals surface area contributed by atoms with Gasteiger partial charge in [0.1, 0.15) is 0 Å². The maximum Gasteiger partial charge on any atom is 0.383 e. The van der Waals surface area contributed by atoms with Crippen molar-refractivity contribution in [1.29, 1.82) is 0 Å². The monoisotopic (exact) mass is 257 g/mol. The topological polar surface area (TPSA) is 40.5 Å². The standard InChI is InChI=1S/C10H15F4NO2/c11-8(12)10(13,14)9(17)15(5-6-16)7-3-1-2-4-7/h7-8,16H,1-6H2. The average Bonchev–Trinajstić information content (AvgIpc) is 2.77. The Morgan fingerprint density at radius 2 is 1.88 bits per heavy atom. The molecule has 0 aromatic carbocycles. The molecule has 1 fully saturated rings. The third-order valence-corrected chi connectivity index (χ3v) is 2.93. The van der Waals surface area contributed by atoms with E-state index in [2.05, 4.69) is 0 Å². The Labute approximate surface area is 96.4 Å². The van der Waals surface area contributed by atoms with Crippen LogP contribution in [0.5, 0.6) is 0 Å². The normalized spacial score (nSPS) is 17.8. The fourth-order valence-corrected chi connectivity index (χ4v) is 2.06. The van der Waals surface area contributed by atoms with Crippen molar-refractivity contribution in [3.8, 4) is 0 Å². The molecular weight excluding hydrogens is 242 g/mol. The van der Waals surface area contributed by atoms with Crippen LogP contribution in [0.2, 0.25) is 0 Å². The predicted molar refractivity (Wildman–Crippen MR) is 52.0 cm³/mol. The van der Waals surface area contributed by atoms with Gasteiger partial charge in [0.25, 0.3) is 5.91 Å². The highest BCUT2D eigenvalue weighted by Crippen LogP contribution is 2.30. The van der Waals surface area contributed by atoms with Gasteiger partial charge in [0, 0.05) is 12.6 Å². The lowest BCUT2D eigenvalue weighted by Crippen LogP contribution is -2.52. The third kappa shape index (κ3) is 3.08. The van der Waals surface area contributed by atoms with E-state index in [4.69, 9.17) is 5.11 Å². The largest absolute Gasteiger partial charge is 0.395 e. The van der Waals surface area contributed by atoms with Crippen LogP contribution in [-0.2, 0) is 4.79 Å². The summed E-state index contributed by atoms with van der Waals surface area (Å²) in [6, 6.07) is -0.459. The quantitative estimate of drug-likeness (QED) is 0.761. The first-order chi connectivity index (χ1) is 7.91. The van der Waals surface area contributed by atoms with Crippen molar-refractivity contribution in [2.24, 2.45) is 0 Å². The molecule has 1 N–H and O–H groups in total. The van der Waals surface area contributed by atoms with Crippen molar-refractivity contribution in [2.45, 2.75) is 44.1 Å². The molecular formula is C10H15F4NO2. The molecule has 0 aromatic rings. The molecule has 0 radical (unpaired) electrons. The van der Waals surface area contributed by atoms with E-state index < -0.39 is 30.9 Å². The van der Waals surface area contributed by atoms with E-state index >= 15 is 0 Å². The fourth-order valence-electron chi connectivity index (χ4n) is 2.06. The zero-order chi connectivity index (χ0) is 13.1. The summed E-state index contributed by atoms with van der Waals surface area (Å²) < 4.78 is 50.1. The summed E-state index contributed by atoms with van der Waals surface area (Å²) in [6.07, 6.45) is -1.42. The summed E-state index contributed by atoms with van der Waals surface area (Å²) in [6.45, 7) is -0.840. The molecule has 1 aliphatic carbocycles. The zero-order valence-corrected chi connectivity index (χ0v) is 9.21. The Bertz CT molecular complexity index is 267. The first kappa shape index (κ1) is 14.2. The first-order valence-corrected chi connectivity index (χ1v) is 5.49. The number of carbonyl (C=O) groups is 1. The second-order valence-corrected chi connectivity index (χ2v) is 4.08. The second-order valence-electron chi connectivity index (χ2n) is 4.08. The van der Waals surface area contributed by atoms with E-state index in [0.717, 1.165) is 12.8 Å². The van der Waals surface area contributed by atoms with Crippen LogP contribution in [0.15, 0.2) is 0 Å². The highest BCUT2D eigenvalue weighted by Gasteiger charge is 2.52. The molecule has 0 spiro atoms. The van der Waals surface area contributed by atoms with Crippen LogP contribution < -0.4 is 0 Å². The molecule has 1 aliphatic rings. The Hall–Kier alpha value is -0.850. The van der Waals surface area contributed by atoms with Gasteiger partial charge in [-0.1, -0.05) is 12.8 Å². The minimum absolute atomic E-state index is 0.328. The molecule has 3 nitrogen and oxygen atoms in total. The molecule has 1 saturated carbocycles. The van der Waals surface area contributed by atoms with E-state index in [-0.39, 0.29) is 6.54 Å². The molecule has 0 aromatic heterocycles. The number of alkyl halides is 4. The molecule has 1 rings (SSSR count). The summed E-state index contributed by atoms with van der Waals surface area (Å²) >= 11 is 0. The minimum Gasteiger partial charge on any atom is -0.395 e. The van der Waals surface area contributed by atoms with E-state index in [0.29, 0.717) is 17.7 Å². The van der Waals surface area contributed by atoms with Gasteiger partial charge in [0.05, 0.1) is 6.61 Å². The first-order valence-electron chi connectivity index (χ1n) is 5.49. The highest BCUT2D eigenvalue weighted by atomic mass is 19.3. The molecule has 0 aliphatic heterocycles.